The molecule has 1 aliphatic carbocycles. The van der Waals surface area contributed by atoms with Gasteiger partial charge in [-0.25, -0.2) is 9.37 Å². The van der Waals surface area contributed by atoms with Crippen LogP contribution in [0.5, 0.6) is 0 Å². The molecule has 0 saturated carbocycles. The predicted octanol–water partition coefficient (Wildman–Crippen LogP) is 4.25. The van der Waals surface area contributed by atoms with E-state index in [-0.39, 0.29) is 29.9 Å². The first-order valence-corrected chi connectivity index (χ1v) is 8.84. The Morgan fingerprint density at radius 1 is 1.23 bits per heavy atom. The van der Waals surface area contributed by atoms with Crippen molar-refractivity contribution >= 4 is 11.8 Å². The fraction of sp³-hybridized carbons (Fsp3) is 0.381. The van der Waals surface area contributed by atoms with Crippen molar-refractivity contribution < 1.29 is 18.7 Å². The molecule has 0 spiro atoms. The summed E-state index contributed by atoms with van der Waals surface area (Å²) in [6.07, 6.45) is 2.02. The van der Waals surface area contributed by atoms with E-state index in [0.29, 0.717) is 18.5 Å². The maximum Gasteiger partial charge on any atom is 0.310 e. The van der Waals surface area contributed by atoms with Crippen molar-refractivity contribution in [2.75, 3.05) is 7.11 Å². The van der Waals surface area contributed by atoms with Gasteiger partial charge >= 0.3 is 5.97 Å². The number of benzene rings is 1. The van der Waals surface area contributed by atoms with Crippen LogP contribution in [0.4, 0.5) is 4.39 Å². The van der Waals surface area contributed by atoms with Crippen molar-refractivity contribution in [1.82, 2.24) is 4.98 Å². The van der Waals surface area contributed by atoms with Crippen LogP contribution < -0.4 is 0 Å². The van der Waals surface area contributed by atoms with Crippen LogP contribution in [0.2, 0.25) is 0 Å². The molecule has 26 heavy (non-hydrogen) atoms. The lowest BCUT2D eigenvalue weighted by Gasteiger charge is -2.25. The summed E-state index contributed by atoms with van der Waals surface area (Å²) in [5.41, 5.74) is 4.47. The van der Waals surface area contributed by atoms with Crippen LogP contribution in [-0.2, 0) is 22.4 Å². The number of halogens is 1. The van der Waals surface area contributed by atoms with E-state index >= 15 is 0 Å². The van der Waals surface area contributed by atoms with Gasteiger partial charge in [0.2, 0.25) is 0 Å². The Bertz CT molecular complexity index is 857. The van der Waals surface area contributed by atoms with E-state index < -0.39 is 0 Å². The fourth-order valence-electron chi connectivity index (χ4n) is 3.54. The number of carbonyl (C=O) groups excluding carboxylic acids is 2. The molecule has 3 rings (SSSR count). The van der Waals surface area contributed by atoms with Gasteiger partial charge < -0.3 is 4.74 Å². The summed E-state index contributed by atoms with van der Waals surface area (Å²) in [5, 5.41) is 0. The van der Waals surface area contributed by atoms with Crippen LogP contribution >= 0.6 is 0 Å². The number of ketones is 1. The van der Waals surface area contributed by atoms with E-state index in [4.69, 9.17) is 4.74 Å². The summed E-state index contributed by atoms with van der Waals surface area (Å²) >= 11 is 0. The van der Waals surface area contributed by atoms with Crippen molar-refractivity contribution in [3.8, 4) is 11.1 Å². The average Bonchev–Trinajstić information content (AvgIpc) is 2.62. The molecule has 0 fully saturated rings. The van der Waals surface area contributed by atoms with Gasteiger partial charge in [0.15, 0.2) is 5.78 Å². The molecule has 0 bridgehead atoms. The number of aromatic nitrogens is 1. The molecule has 1 heterocycles. The first kappa shape index (κ1) is 18.2. The van der Waals surface area contributed by atoms with Crippen molar-refractivity contribution in [2.24, 2.45) is 0 Å². The van der Waals surface area contributed by atoms with E-state index in [2.05, 4.69) is 4.98 Å². The maximum atomic E-state index is 13.4. The Hall–Kier alpha value is -2.56. The molecule has 136 valence electrons. The molecule has 0 N–H and O–H groups in total. The molecule has 4 nitrogen and oxygen atoms in total. The first-order chi connectivity index (χ1) is 12.4. The molecular weight excluding hydrogens is 333 g/mol. The number of methoxy groups -OCH3 is 1. The van der Waals surface area contributed by atoms with E-state index in [0.717, 1.165) is 34.4 Å². The lowest BCUT2D eigenvalue weighted by Crippen LogP contribution is -2.20. The van der Waals surface area contributed by atoms with Gasteiger partial charge in [0, 0.05) is 12.1 Å². The normalized spacial score (nSPS) is 13.7. The van der Waals surface area contributed by atoms with Gasteiger partial charge in [0.05, 0.1) is 13.5 Å². The topological polar surface area (TPSA) is 56.3 Å². The number of carbonyl (C=O) groups is 2. The van der Waals surface area contributed by atoms with Gasteiger partial charge in [-0.3, -0.25) is 9.59 Å². The highest BCUT2D eigenvalue weighted by molar-refractivity contribution is 5.99. The summed E-state index contributed by atoms with van der Waals surface area (Å²) < 4.78 is 18.3. The quantitative estimate of drug-likeness (QED) is 0.770. The number of hydrogen-bond donors (Lipinski definition) is 0. The Morgan fingerprint density at radius 2 is 1.92 bits per heavy atom. The third kappa shape index (κ3) is 3.39. The predicted molar refractivity (Wildman–Crippen MR) is 96.7 cm³/mol. The van der Waals surface area contributed by atoms with Crippen molar-refractivity contribution in [3.63, 3.8) is 0 Å². The molecule has 5 heteroatoms. The number of Topliss-reactive ketones (excluding diaryl/α,β-unsaturated/α-hetero) is 1. The summed E-state index contributed by atoms with van der Waals surface area (Å²) in [6.45, 7) is 3.97. The van der Waals surface area contributed by atoms with Gasteiger partial charge in [0.25, 0.3) is 0 Å². The zero-order chi connectivity index (χ0) is 18.8. The number of ether oxygens (including phenoxy) is 1. The minimum absolute atomic E-state index is 0.0288. The van der Waals surface area contributed by atoms with E-state index in [1.165, 1.54) is 19.2 Å². The second-order valence-corrected chi connectivity index (χ2v) is 6.87. The second-order valence-electron chi connectivity index (χ2n) is 6.87. The molecular formula is C21H22FNO3. The minimum Gasteiger partial charge on any atom is -0.469 e. The fourth-order valence-corrected chi connectivity index (χ4v) is 3.54. The standard InChI is InChI=1S/C21H22FNO3/c1-12(2)20-16(11-18(25)26-3)19(13-7-9-14(22)10-8-13)15-5-4-6-17(24)21(15)23-20/h7-10,12H,4-6,11H2,1-3H3. The highest BCUT2D eigenvalue weighted by Gasteiger charge is 2.28. The molecule has 0 radical (unpaired) electrons. The second kappa shape index (κ2) is 7.36. The van der Waals surface area contributed by atoms with Crippen LogP contribution in [0.1, 0.15) is 59.9 Å². The number of rotatable bonds is 4. The van der Waals surface area contributed by atoms with Gasteiger partial charge in [-0.2, -0.15) is 0 Å². The molecule has 1 aliphatic rings. The monoisotopic (exact) mass is 355 g/mol. The Morgan fingerprint density at radius 3 is 2.54 bits per heavy atom. The van der Waals surface area contributed by atoms with Crippen LogP contribution in [0.15, 0.2) is 24.3 Å². The number of pyridine rings is 1. The zero-order valence-corrected chi connectivity index (χ0v) is 15.3. The summed E-state index contributed by atoms with van der Waals surface area (Å²) in [5.74, 6) is -0.625. The van der Waals surface area contributed by atoms with Gasteiger partial charge in [-0.05, 0) is 53.1 Å². The van der Waals surface area contributed by atoms with E-state index in [1.54, 1.807) is 12.1 Å². The molecule has 1 aromatic carbocycles. The van der Waals surface area contributed by atoms with Crippen LogP contribution in [0.25, 0.3) is 11.1 Å². The molecule has 0 aliphatic heterocycles. The Balaban J connectivity index is 2.33. The van der Waals surface area contributed by atoms with Gasteiger partial charge in [-0.1, -0.05) is 26.0 Å². The Kier molecular flexibility index (Phi) is 5.16. The SMILES string of the molecule is COC(=O)Cc1c(C(C)C)nc2c(c1-c1ccc(F)cc1)CCCC2=O. The van der Waals surface area contributed by atoms with E-state index in [1.807, 2.05) is 13.8 Å². The van der Waals surface area contributed by atoms with Crippen LogP contribution in [-0.4, -0.2) is 23.8 Å². The molecule has 1 aromatic heterocycles. The lowest BCUT2D eigenvalue weighted by atomic mass is 9.83. The van der Waals surface area contributed by atoms with Crippen LogP contribution in [0, 0.1) is 5.82 Å². The average molecular weight is 355 g/mol. The zero-order valence-electron chi connectivity index (χ0n) is 15.3. The third-order valence-electron chi connectivity index (χ3n) is 4.75. The first-order valence-electron chi connectivity index (χ1n) is 8.84. The largest absolute Gasteiger partial charge is 0.469 e. The van der Waals surface area contributed by atoms with Gasteiger partial charge in [-0.15, -0.1) is 0 Å². The van der Waals surface area contributed by atoms with Crippen molar-refractivity contribution in [3.05, 3.63) is 52.6 Å². The number of hydrogen-bond acceptors (Lipinski definition) is 4. The highest BCUT2D eigenvalue weighted by atomic mass is 19.1. The van der Waals surface area contributed by atoms with Crippen molar-refractivity contribution in [1.29, 1.82) is 0 Å². The maximum absolute atomic E-state index is 13.4. The number of esters is 1. The molecule has 0 unspecified atom stereocenters. The summed E-state index contributed by atoms with van der Waals surface area (Å²) in [7, 11) is 1.35. The lowest BCUT2D eigenvalue weighted by molar-refractivity contribution is -0.139. The van der Waals surface area contributed by atoms with Crippen molar-refractivity contribution in [2.45, 2.75) is 45.4 Å². The highest BCUT2D eigenvalue weighted by Crippen LogP contribution is 2.37. The Labute approximate surface area is 152 Å². The smallest absolute Gasteiger partial charge is 0.310 e. The molecule has 0 atom stereocenters. The summed E-state index contributed by atoms with van der Waals surface area (Å²) in [6, 6.07) is 6.16. The molecule has 2 aromatic rings. The summed E-state index contributed by atoms with van der Waals surface area (Å²) in [4.78, 5) is 29.2. The molecule has 0 amide bonds. The number of fused-ring (bicyclic) bond motifs is 1. The molecule has 0 saturated heterocycles. The number of nitrogens with zero attached hydrogens (tertiary/aromatic N) is 1. The minimum atomic E-state index is -0.362. The third-order valence-corrected chi connectivity index (χ3v) is 4.75. The van der Waals surface area contributed by atoms with E-state index in [9.17, 15) is 14.0 Å². The van der Waals surface area contributed by atoms with Crippen LogP contribution in [0.3, 0.4) is 0 Å². The van der Waals surface area contributed by atoms with Gasteiger partial charge in [0.1, 0.15) is 11.5 Å².